The van der Waals surface area contributed by atoms with E-state index in [0.29, 0.717) is 0 Å². The highest BCUT2D eigenvalue weighted by Gasteiger charge is 2.14. The Bertz CT molecular complexity index is 641. The van der Waals surface area contributed by atoms with E-state index in [1.807, 2.05) is 12.1 Å². The quantitative estimate of drug-likeness (QED) is 0.877. The average molecular weight is 270 g/mol. The highest BCUT2D eigenvalue weighted by Crippen LogP contribution is 2.28. The van der Waals surface area contributed by atoms with E-state index in [0.717, 1.165) is 11.1 Å². The fourth-order valence-corrected chi connectivity index (χ4v) is 1.99. The van der Waals surface area contributed by atoms with Gasteiger partial charge < -0.3 is 10.8 Å². The summed E-state index contributed by atoms with van der Waals surface area (Å²) in [6.45, 7) is 6.46. The summed E-state index contributed by atoms with van der Waals surface area (Å²) in [5.41, 5.74) is 8.80. The summed E-state index contributed by atoms with van der Waals surface area (Å²) in [4.78, 5) is 14.7. The molecule has 3 N–H and O–H groups in total. The third-order valence-electron chi connectivity index (χ3n) is 3.21. The molecule has 0 atom stereocenters. The predicted molar refractivity (Wildman–Crippen MR) is 79.7 cm³/mol. The molecule has 0 radical (unpaired) electrons. The van der Waals surface area contributed by atoms with Gasteiger partial charge in [-0.3, -0.25) is 0 Å². The molecule has 0 aliphatic rings. The maximum atomic E-state index is 10.8. The van der Waals surface area contributed by atoms with Crippen molar-refractivity contribution < 1.29 is 9.90 Å². The number of pyridine rings is 1. The first-order valence-corrected chi connectivity index (χ1v) is 6.40. The number of nitrogens with two attached hydrogens (primary N) is 1. The Kier molecular flexibility index (Phi) is 3.49. The van der Waals surface area contributed by atoms with Crippen LogP contribution in [-0.2, 0) is 5.41 Å². The molecule has 0 spiro atoms. The number of carbonyl (C=O) groups is 1. The average Bonchev–Trinajstić information content (AvgIpc) is 2.37. The fourth-order valence-electron chi connectivity index (χ4n) is 1.99. The first-order chi connectivity index (χ1) is 9.29. The van der Waals surface area contributed by atoms with Crippen LogP contribution in [0, 0.1) is 0 Å². The molecule has 0 aliphatic carbocycles. The Morgan fingerprint density at radius 3 is 2.15 bits per heavy atom. The lowest BCUT2D eigenvalue weighted by molar-refractivity contribution is 0.0690. The summed E-state index contributed by atoms with van der Waals surface area (Å²) in [5.74, 6) is -0.847. The van der Waals surface area contributed by atoms with Crippen LogP contribution < -0.4 is 5.73 Å². The minimum Gasteiger partial charge on any atom is -0.477 e. The highest BCUT2D eigenvalue weighted by molar-refractivity contribution is 5.87. The van der Waals surface area contributed by atoms with Crippen LogP contribution in [-0.4, -0.2) is 16.1 Å². The number of nitrogen functional groups attached to an aromatic ring is 1. The van der Waals surface area contributed by atoms with Gasteiger partial charge in [-0.25, -0.2) is 9.78 Å². The SMILES string of the molecule is CC(C)(C)c1ccc(-c2ccc(C(=O)O)nc2N)cc1. The van der Waals surface area contributed by atoms with Crippen molar-refractivity contribution in [3.63, 3.8) is 0 Å². The van der Waals surface area contributed by atoms with E-state index in [1.54, 1.807) is 6.07 Å². The lowest BCUT2D eigenvalue weighted by atomic mass is 9.86. The molecule has 0 saturated carbocycles. The van der Waals surface area contributed by atoms with E-state index >= 15 is 0 Å². The van der Waals surface area contributed by atoms with E-state index in [9.17, 15) is 4.79 Å². The third kappa shape index (κ3) is 2.79. The lowest BCUT2D eigenvalue weighted by Crippen LogP contribution is -2.10. The Balaban J connectivity index is 2.40. The van der Waals surface area contributed by atoms with Crippen LogP contribution in [0.15, 0.2) is 36.4 Å². The van der Waals surface area contributed by atoms with E-state index in [2.05, 4.69) is 37.9 Å². The van der Waals surface area contributed by atoms with Gasteiger partial charge >= 0.3 is 5.97 Å². The van der Waals surface area contributed by atoms with Gasteiger partial charge in [0.2, 0.25) is 0 Å². The van der Waals surface area contributed by atoms with Crippen LogP contribution in [0.1, 0.15) is 36.8 Å². The summed E-state index contributed by atoms with van der Waals surface area (Å²) >= 11 is 0. The molecule has 2 aromatic rings. The molecule has 0 unspecified atom stereocenters. The molecule has 0 bridgehead atoms. The zero-order chi connectivity index (χ0) is 14.9. The number of carboxylic acid groups (broad SMARTS) is 1. The molecule has 4 heteroatoms. The van der Waals surface area contributed by atoms with Gasteiger partial charge in [-0.2, -0.15) is 0 Å². The summed E-state index contributed by atoms with van der Waals surface area (Å²) in [6, 6.07) is 11.2. The molecule has 0 aliphatic heterocycles. The number of benzene rings is 1. The largest absolute Gasteiger partial charge is 0.477 e. The van der Waals surface area contributed by atoms with Gasteiger partial charge in [-0.05, 0) is 28.7 Å². The Morgan fingerprint density at radius 1 is 1.10 bits per heavy atom. The van der Waals surface area contributed by atoms with Crippen molar-refractivity contribution in [1.82, 2.24) is 4.98 Å². The first kappa shape index (κ1) is 14.1. The van der Waals surface area contributed by atoms with Gasteiger partial charge in [0.1, 0.15) is 5.82 Å². The van der Waals surface area contributed by atoms with E-state index < -0.39 is 5.97 Å². The van der Waals surface area contributed by atoms with Crippen molar-refractivity contribution in [2.24, 2.45) is 0 Å². The van der Waals surface area contributed by atoms with Crippen molar-refractivity contribution in [3.05, 3.63) is 47.7 Å². The van der Waals surface area contributed by atoms with Gasteiger partial charge in [0, 0.05) is 5.56 Å². The van der Waals surface area contributed by atoms with Crippen LogP contribution in [0.2, 0.25) is 0 Å². The van der Waals surface area contributed by atoms with E-state index in [1.165, 1.54) is 11.6 Å². The molecule has 0 amide bonds. The van der Waals surface area contributed by atoms with Crippen LogP contribution in [0.4, 0.5) is 5.82 Å². The second kappa shape index (κ2) is 4.96. The van der Waals surface area contributed by atoms with Crippen LogP contribution in [0.25, 0.3) is 11.1 Å². The first-order valence-electron chi connectivity index (χ1n) is 6.40. The predicted octanol–water partition coefficient (Wildman–Crippen LogP) is 3.33. The summed E-state index contributed by atoms with van der Waals surface area (Å²) in [7, 11) is 0. The number of hydrogen-bond donors (Lipinski definition) is 2. The standard InChI is InChI=1S/C16H18N2O2/c1-16(2,3)11-6-4-10(5-7-11)12-8-9-13(15(19)20)18-14(12)17/h4-9H,1-3H3,(H2,17,18)(H,19,20). The number of aromatic carboxylic acids is 1. The molecular weight excluding hydrogens is 252 g/mol. The molecule has 1 heterocycles. The number of carboxylic acids is 1. The van der Waals surface area contributed by atoms with Crippen molar-refractivity contribution in [1.29, 1.82) is 0 Å². The molecule has 0 saturated heterocycles. The summed E-state index contributed by atoms with van der Waals surface area (Å²) in [5, 5.41) is 8.88. The Labute approximate surface area is 118 Å². The van der Waals surface area contributed by atoms with Crippen molar-refractivity contribution in [3.8, 4) is 11.1 Å². The second-order valence-electron chi connectivity index (χ2n) is 5.76. The van der Waals surface area contributed by atoms with Gasteiger partial charge in [0.25, 0.3) is 0 Å². The van der Waals surface area contributed by atoms with Gasteiger partial charge in [-0.1, -0.05) is 45.0 Å². The molecule has 1 aromatic heterocycles. The van der Waals surface area contributed by atoms with Crippen LogP contribution in [0.5, 0.6) is 0 Å². The minimum atomic E-state index is -1.08. The molecular formula is C16H18N2O2. The number of nitrogens with zero attached hydrogens (tertiary/aromatic N) is 1. The number of anilines is 1. The Morgan fingerprint density at radius 2 is 1.70 bits per heavy atom. The Hall–Kier alpha value is -2.36. The zero-order valence-electron chi connectivity index (χ0n) is 11.8. The monoisotopic (exact) mass is 270 g/mol. The van der Waals surface area contributed by atoms with Crippen LogP contribution in [0.3, 0.4) is 0 Å². The maximum absolute atomic E-state index is 10.8. The van der Waals surface area contributed by atoms with Crippen LogP contribution >= 0.6 is 0 Å². The molecule has 20 heavy (non-hydrogen) atoms. The normalized spacial score (nSPS) is 11.3. The number of aromatic nitrogens is 1. The number of rotatable bonds is 2. The van der Waals surface area contributed by atoms with E-state index in [-0.39, 0.29) is 16.9 Å². The molecule has 0 fully saturated rings. The second-order valence-corrected chi connectivity index (χ2v) is 5.76. The summed E-state index contributed by atoms with van der Waals surface area (Å²) in [6.07, 6.45) is 0. The smallest absolute Gasteiger partial charge is 0.354 e. The van der Waals surface area contributed by atoms with Crippen molar-refractivity contribution >= 4 is 11.8 Å². The molecule has 1 aromatic carbocycles. The molecule has 4 nitrogen and oxygen atoms in total. The lowest BCUT2D eigenvalue weighted by Gasteiger charge is -2.19. The topological polar surface area (TPSA) is 76.2 Å². The third-order valence-corrected chi connectivity index (χ3v) is 3.21. The summed E-state index contributed by atoms with van der Waals surface area (Å²) < 4.78 is 0. The fraction of sp³-hybridized carbons (Fsp3) is 0.250. The van der Waals surface area contributed by atoms with Crippen molar-refractivity contribution in [2.75, 3.05) is 5.73 Å². The zero-order valence-corrected chi connectivity index (χ0v) is 11.8. The van der Waals surface area contributed by atoms with Gasteiger partial charge in [0.15, 0.2) is 5.69 Å². The van der Waals surface area contributed by atoms with Crippen molar-refractivity contribution in [2.45, 2.75) is 26.2 Å². The number of hydrogen-bond acceptors (Lipinski definition) is 3. The highest BCUT2D eigenvalue weighted by atomic mass is 16.4. The maximum Gasteiger partial charge on any atom is 0.354 e. The van der Waals surface area contributed by atoms with Gasteiger partial charge in [0.05, 0.1) is 0 Å². The minimum absolute atomic E-state index is 0.0439. The molecule has 104 valence electrons. The van der Waals surface area contributed by atoms with Gasteiger partial charge in [-0.15, -0.1) is 0 Å². The van der Waals surface area contributed by atoms with E-state index in [4.69, 9.17) is 10.8 Å². The molecule has 2 rings (SSSR count).